The summed E-state index contributed by atoms with van der Waals surface area (Å²) in [6.45, 7) is 9.60. The Bertz CT molecular complexity index is 1250. The molecule has 1 atom stereocenters. The zero-order valence-corrected chi connectivity index (χ0v) is 23.1. The molecular weight excluding hydrogens is 478 g/mol. The standard InChI is InChI=1S/C32H37NO5/c1-20-17-22(18-21(2)29(20)36-6)15-16-28(30(34)38-32(3,4)5)33-31(35)37-19-27-25-13-9-7-11-23(25)24-12-8-10-14-26(24)27/h7-14,17-18,27-28H,15-16,19H2,1-6H3,(H,33,35)/t28-/m0/s1. The number of ether oxygens (including phenoxy) is 3. The number of alkyl carbamates (subject to hydrolysis) is 1. The molecule has 0 unspecified atom stereocenters. The van der Waals surface area contributed by atoms with E-state index in [1.165, 1.54) is 0 Å². The van der Waals surface area contributed by atoms with E-state index < -0.39 is 23.7 Å². The first-order chi connectivity index (χ1) is 18.1. The molecule has 3 aromatic rings. The van der Waals surface area contributed by atoms with E-state index in [1.54, 1.807) is 7.11 Å². The van der Waals surface area contributed by atoms with Gasteiger partial charge in [0, 0.05) is 5.92 Å². The Morgan fingerprint density at radius 2 is 1.47 bits per heavy atom. The number of rotatable bonds is 8. The van der Waals surface area contributed by atoms with Crippen molar-refractivity contribution in [2.24, 2.45) is 0 Å². The minimum atomic E-state index is -0.840. The molecule has 0 spiro atoms. The lowest BCUT2D eigenvalue weighted by Gasteiger charge is -2.25. The topological polar surface area (TPSA) is 73.9 Å². The number of hydrogen-bond acceptors (Lipinski definition) is 5. The third-order valence-electron chi connectivity index (χ3n) is 6.77. The molecule has 6 heteroatoms. The fourth-order valence-electron chi connectivity index (χ4n) is 5.22. The van der Waals surface area contributed by atoms with Crippen LogP contribution in [0.25, 0.3) is 11.1 Å². The molecule has 3 aromatic carbocycles. The molecule has 0 saturated carbocycles. The fraction of sp³-hybridized carbons (Fsp3) is 0.375. The molecule has 0 bridgehead atoms. The molecule has 4 rings (SSSR count). The zero-order valence-electron chi connectivity index (χ0n) is 23.1. The maximum absolute atomic E-state index is 13.0. The molecule has 1 aliphatic carbocycles. The second kappa shape index (κ2) is 11.3. The van der Waals surface area contributed by atoms with E-state index in [-0.39, 0.29) is 12.5 Å². The summed E-state index contributed by atoms with van der Waals surface area (Å²) in [5.41, 5.74) is 7.03. The SMILES string of the molecule is COc1c(C)cc(CC[C@H](NC(=O)OCC2c3ccccc3-c3ccccc32)C(=O)OC(C)(C)C)cc1C. The van der Waals surface area contributed by atoms with Gasteiger partial charge in [0.1, 0.15) is 24.0 Å². The predicted octanol–water partition coefficient (Wildman–Crippen LogP) is 6.49. The van der Waals surface area contributed by atoms with Gasteiger partial charge in [0.15, 0.2) is 0 Å². The number of nitrogens with one attached hydrogen (secondary N) is 1. The van der Waals surface area contributed by atoms with E-state index in [9.17, 15) is 9.59 Å². The van der Waals surface area contributed by atoms with Crippen LogP contribution < -0.4 is 10.1 Å². The highest BCUT2D eigenvalue weighted by Gasteiger charge is 2.31. The summed E-state index contributed by atoms with van der Waals surface area (Å²) >= 11 is 0. The lowest BCUT2D eigenvalue weighted by Crippen LogP contribution is -2.45. The first-order valence-corrected chi connectivity index (χ1v) is 13.1. The monoisotopic (exact) mass is 515 g/mol. The molecule has 0 aromatic heterocycles. The molecule has 1 N–H and O–H groups in total. The van der Waals surface area contributed by atoms with Crippen molar-refractivity contribution in [1.82, 2.24) is 5.32 Å². The molecule has 0 heterocycles. The number of esters is 1. The summed E-state index contributed by atoms with van der Waals surface area (Å²) in [6.07, 6.45) is 0.327. The normalized spacial score (nSPS) is 13.3. The fourth-order valence-corrected chi connectivity index (χ4v) is 5.22. The van der Waals surface area contributed by atoms with Crippen LogP contribution in [0.15, 0.2) is 60.7 Å². The van der Waals surface area contributed by atoms with Gasteiger partial charge >= 0.3 is 12.1 Å². The van der Waals surface area contributed by atoms with Crippen LogP contribution >= 0.6 is 0 Å². The maximum atomic E-state index is 13.0. The van der Waals surface area contributed by atoms with Crippen LogP contribution in [0, 0.1) is 13.8 Å². The molecule has 6 nitrogen and oxygen atoms in total. The highest BCUT2D eigenvalue weighted by Crippen LogP contribution is 2.44. The van der Waals surface area contributed by atoms with Crippen molar-refractivity contribution in [2.75, 3.05) is 13.7 Å². The number of methoxy groups -OCH3 is 1. The Kier molecular flexibility index (Phi) is 8.10. The van der Waals surface area contributed by atoms with Crippen molar-refractivity contribution in [3.63, 3.8) is 0 Å². The lowest BCUT2D eigenvalue weighted by molar-refractivity contribution is -0.157. The molecule has 200 valence electrons. The van der Waals surface area contributed by atoms with Crippen molar-refractivity contribution in [1.29, 1.82) is 0 Å². The molecule has 0 saturated heterocycles. The number of fused-ring (bicyclic) bond motifs is 3. The number of amides is 1. The largest absolute Gasteiger partial charge is 0.496 e. The summed E-state index contributed by atoms with van der Waals surface area (Å²) in [5.74, 6) is 0.320. The Balaban J connectivity index is 1.45. The van der Waals surface area contributed by atoms with Crippen molar-refractivity contribution in [3.8, 4) is 16.9 Å². The zero-order chi connectivity index (χ0) is 27.4. The second-order valence-electron chi connectivity index (χ2n) is 10.9. The van der Waals surface area contributed by atoms with Crippen LogP contribution in [-0.4, -0.2) is 37.4 Å². The van der Waals surface area contributed by atoms with Crippen LogP contribution in [0.5, 0.6) is 5.75 Å². The number of hydrogen-bond donors (Lipinski definition) is 1. The van der Waals surface area contributed by atoms with Gasteiger partial charge in [-0.15, -0.1) is 0 Å². The van der Waals surface area contributed by atoms with Gasteiger partial charge in [-0.05, 0) is 86.4 Å². The molecule has 0 aliphatic heterocycles. The Labute approximate surface area is 225 Å². The molecule has 1 amide bonds. The van der Waals surface area contributed by atoms with Gasteiger partial charge in [-0.1, -0.05) is 60.7 Å². The molecule has 38 heavy (non-hydrogen) atoms. The summed E-state index contributed by atoms with van der Waals surface area (Å²) in [7, 11) is 1.66. The van der Waals surface area contributed by atoms with Gasteiger partial charge in [0.25, 0.3) is 0 Å². The number of carbonyl (C=O) groups excluding carboxylic acids is 2. The van der Waals surface area contributed by atoms with Crippen molar-refractivity contribution in [3.05, 3.63) is 88.5 Å². The van der Waals surface area contributed by atoms with Gasteiger partial charge < -0.3 is 19.5 Å². The highest BCUT2D eigenvalue weighted by molar-refractivity contribution is 5.82. The first-order valence-electron chi connectivity index (χ1n) is 13.1. The van der Waals surface area contributed by atoms with Gasteiger partial charge in [0.2, 0.25) is 0 Å². The van der Waals surface area contributed by atoms with E-state index in [1.807, 2.05) is 71.0 Å². The van der Waals surface area contributed by atoms with Gasteiger partial charge in [-0.25, -0.2) is 9.59 Å². The van der Waals surface area contributed by atoms with E-state index in [0.717, 1.165) is 44.7 Å². The number of benzene rings is 3. The van der Waals surface area contributed by atoms with E-state index in [0.29, 0.717) is 12.8 Å². The lowest BCUT2D eigenvalue weighted by atomic mass is 9.98. The average Bonchev–Trinajstić information content (AvgIpc) is 3.18. The predicted molar refractivity (Wildman–Crippen MR) is 149 cm³/mol. The minimum Gasteiger partial charge on any atom is -0.496 e. The smallest absolute Gasteiger partial charge is 0.407 e. The first kappa shape index (κ1) is 27.2. The molecule has 0 fully saturated rings. The van der Waals surface area contributed by atoms with Crippen LogP contribution in [0.2, 0.25) is 0 Å². The van der Waals surface area contributed by atoms with Crippen LogP contribution in [0.4, 0.5) is 4.79 Å². The maximum Gasteiger partial charge on any atom is 0.407 e. The molecule has 0 radical (unpaired) electrons. The molecule has 1 aliphatic rings. The van der Waals surface area contributed by atoms with Crippen LogP contribution in [-0.2, 0) is 20.7 Å². The molecular formula is C32H37NO5. The van der Waals surface area contributed by atoms with E-state index >= 15 is 0 Å². The minimum absolute atomic E-state index is 0.0571. The van der Waals surface area contributed by atoms with Crippen molar-refractivity contribution < 1.29 is 23.8 Å². The summed E-state index contributed by atoms with van der Waals surface area (Å²) in [5, 5.41) is 2.77. The van der Waals surface area contributed by atoms with Crippen LogP contribution in [0.1, 0.15) is 60.9 Å². The summed E-state index contributed by atoms with van der Waals surface area (Å²) < 4.78 is 16.8. The Hall–Kier alpha value is -3.80. The summed E-state index contributed by atoms with van der Waals surface area (Å²) in [6, 6.07) is 19.6. The summed E-state index contributed by atoms with van der Waals surface area (Å²) in [4.78, 5) is 26.0. The Morgan fingerprint density at radius 3 is 2.00 bits per heavy atom. The van der Waals surface area contributed by atoms with Crippen molar-refractivity contribution >= 4 is 12.1 Å². The van der Waals surface area contributed by atoms with Gasteiger partial charge in [0.05, 0.1) is 7.11 Å². The van der Waals surface area contributed by atoms with Gasteiger partial charge in [-0.2, -0.15) is 0 Å². The third kappa shape index (κ3) is 6.18. The van der Waals surface area contributed by atoms with Crippen LogP contribution in [0.3, 0.4) is 0 Å². The average molecular weight is 516 g/mol. The quantitative estimate of drug-likeness (QED) is 0.347. The third-order valence-corrected chi connectivity index (χ3v) is 6.77. The number of carbonyl (C=O) groups is 2. The second-order valence-corrected chi connectivity index (χ2v) is 10.9. The van der Waals surface area contributed by atoms with Gasteiger partial charge in [-0.3, -0.25) is 0 Å². The van der Waals surface area contributed by atoms with Crippen molar-refractivity contribution in [2.45, 2.75) is 65.0 Å². The van der Waals surface area contributed by atoms with E-state index in [4.69, 9.17) is 14.2 Å². The Morgan fingerprint density at radius 1 is 0.921 bits per heavy atom. The highest BCUT2D eigenvalue weighted by atomic mass is 16.6. The number of aryl methyl sites for hydroxylation is 3. The van der Waals surface area contributed by atoms with E-state index in [2.05, 4.69) is 29.6 Å².